The molecule has 1 aromatic heterocycles. The molecule has 1 aromatic carbocycles. The molecule has 2 heterocycles. The molecule has 8 nitrogen and oxygen atoms in total. The van der Waals surface area contributed by atoms with Crippen molar-refractivity contribution in [1.82, 2.24) is 15.3 Å². The highest BCUT2D eigenvalue weighted by Gasteiger charge is 2.29. The maximum atomic E-state index is 14.4. The predicted molar refractivity (Wildman–Crippen MR) is 133 cm³/mol. The first-order chi connectivity index (χ1) is 16.4. The summed E-state index contributed by atoms with van der Waals surface area (Å²) in [6, 6.07) is 8.82. The average Bonchev–Trinajstić information content (AvgIpc) is 2.86. The van der Waals surface area contributed by atoms with Crippen LogP contribution in [0.2, 0.25) is 0 Å². The van der Waals surface area contributed by atoms with E-state index < -0.39 is 12.2 Å². The lowest BCUT2D eigenvalue weighted by molar-refractivity contribution is 0.250. The molecular formula is C25H27FN8. The molecule has 0 radical (unpaired) electrons. The highest BCUT2D eigenvalue weighted by molar-refractivity contribution is 6.14. The number of nitriles is 1. The van der Waals surface area contributed by atoms with Gasteiger partial charge in [0.1, 0.15) is 12.0 Å². The number of nitrogens with zero attached hydrogens (tertiary/aromatic N) is 4. The van der Waals surface area contributed by atoms with Gasteiger partial charge in [0.2, 0.25) is 5.95 Å². The van der Waals surface area contributed by atoms with Gasteiger partial charge in [-0.15, -0.1) is 0 Å². The summed E-state index contributed by atoms with van der Waals surface area (Å²) < 4.78 is 14.4. The number of hydrogen-bond acceptors (Lipinski definition) is 8. The monoisotopic (exact) mass is 458 g/mol. The number of anilines is 2. The Labute approximate surface area is 198 Å². The van der Waals surface area contributed by atoms with Crippen LogP contribution in [0.25, 0.3) is 16.8 Å². The van der Waals surface area contributed by atoms with Gasteiger partial charge in [-0.05, 0) is 36.3 Å². The number of rotatable bonds is 5. The number of halogens is 1. The van der Waals surface area contributed by atoms with Crippen molar-refractivity contribution in [2.45, 2.75) is 18.6 Å². The van der Waals surface area contributed by atoms with Gasteiger partial charge < -0.3 is 26.7 Å². The number of benzene rings is 1. The van der Waals surface area contributed by atoms with E-state index in [2.05, 4.69) is 16.7 Å². The van der Waals surface area contributed by atoms with E-state index in [9.17, 15) is 9.65 Å². The second-order valence-electron chi connectivity index (χ2n) is 8.18. The van der Waals surface area contributed by atoms with Crippen molar-refractivity contribution in [3.05, 3.63) is 65.4 Å². The van der Waals surface area contributed by atoms with Crippen LogP contribution < -0.4 is 21.3 Å². The van der Waals surface area contributed by atoms with Crippen molar-refractivity contribution in [3.63, 3.8) is 0 Å². The maximum Gasteiger partial charge on any atom is 0.228 e. The molecule has 2 atom stereocenters. The lowest BCUT2D eigenvalue weighted by atomic mass is 9.92. The molecule has 1 fully saturated rings. The van der Waals surface area contributed by atoms with E-state index in [4.69, 9.17) is 21.1 Å². The summed E-state index contributed by atoms with van der Waals surface area (Å²) in [6.07, 6.45) is 6.62. The predicted octanol–water partition coefficient (Wildman–Crippen LogP) is 3.01. The Morgan fingerprint density at radius 1 is 1.24 bits per heavy atom. The Hall–Kier alpha value is -4.03. The standard InChI is InChI=1S/C25H27FN8/c1-30-13-18-11-17(7-8-20(18)28)22-23(16-5-3-15(12-27)4-6-16)32-25(33-24(22)31-2)34-10-9-21(29)19(26)14-34/h3-8,11,13,19,21,28,30H,9-10,14,29H2,1-2H3,(H,31,32,33)/b18-13-,28-20?/t19-,21+/m0/s1. The third kappa shape index (κ3) is 4.54. The van der Waals surface area contributed by atoms with Gasteiger partial charge in [-0.25, -0.2) is 9.37 Å². The molecular weight excluding hydrogens is 431 g/mol. The summed E-state index contributed by atoms with van der Waals surface area (Å²) in [6.45, 7) is 0.691. The van der Waals surface area contributed by atoms with Crippen molar-refractivity contribution >= 4 is 23.1 Å². The zero-order valence-electron chi connectivity index (χ0n) is 19.1. The van der Waals surface area contributed by atoms with E-state index in [1.165, 1.54) is 0 Å². The second kappa shape index (κ2) is 9.85. The van der Waals surface area contributed by atoms with E-state index in [-0.39, 0.29) is 6.54 Å². The van der Waals surface area contributed by atoms with Crippen molar-refractivity contribution in [1.29, 1.82) is 10.7 Å². The molecule has 34 heavy (non-hydrogen) atoms. The fourth-order valence-electron chi connectivity index (χ4n) is 4.05. The fraction of sp³-hybridized carbons (Fsp3) is 0.280. The largest absolute Gasteiger partial charge is 0.393 e. The van der Waals surface area contributed by atoms with E-state index >= 15 is 0 Å². The maximum absolute atomic E-state index is 14.4. The van der Waals surface area contributed by atoms with Gasteiger partial charge in [0.25, 0.3) is 0 Å². The SMILES string of the molecule is CN/C=C1/C=C(c2c(NC)nc(N3CC[C@@H](N)[C@@H](F)C3)nc2-c2ccc(C#N)cc2)C=CC1=N. The normalized spacial score (nSPS) is 21.3. The van der Waals surface area contributed by atoms with Crippen LogP contribution >= 0.6 is 0 Å². The van der Waals surface area contributed by atoms with Crippen LogP contribution in [0.1, 0.15) is 17.5 Å². The molecule has 9 heteroatoms. The summed E-state index contributed by atoms with van der Waals surface area (Å²) in [7, 11) is 3.57. The quantitative estimate of drug-likeness (QED) is 0.542. The van der Waals surface area contributed by atoms with Crippen LogP contribution in [0.15, 0.2) is 54.3 Å². The first-order valence-electron chi connectivity index (χ1n) is 11.1. The van der Waals surface area contributed by atoms with Gasteiger partial charge in [0.05, 0.1) is 35.1 Å². The molecule has 0 amide bonds. The van der Waals surface area contributed by atoms with Crippen molar-refractivity contribution in [3.8, 4) is 17.3 Å². The highest BCUT2D eigenvalue weighted by atomic mass is 19.1. The number of nitrogens with one attached hydrogen (secondary N) is 3. The molecule has 1 aliphatic carbocycles. The van der Waals surface area contributed by atoms with Gasteiger partial charge in [0.15, 0.2) is 0 Å². The number of nitrogens with two attached hydrogens (primary N) is 1. The molecule has 0 spiro atoms. The fourth-order valence-corrected chi connectivity index (χ4v) is 4.05. The summed E-state index contributed by atoms with van der Waals surface area (Å²) in [4.78, 5) is 11.4. The Kier molecular flexibility index (Phi) is 6.70. The van der Waals surface area contributed by atoms with Crippen molar-refractivity contribution in [2.24, 2.45) is 5.73 Å². The lowest BCUT2D eigenvalue weighted by Gasteiger charge is -2.33. The Bertz CT molecular complexity index is 1220. The Morgan fingerprint density at radius 3 is 2.65 bits per heavy atom. The molecule has 0 bridgehead atoms. The van der Waals surface area contributed by atoms with Gasteiger partial charge in [-0.2, -0.15) is 10.2 Å². The first kappa shape index (κ1) is 23.1. The molecule has 5 N–H and O–H groups in total. The molecule has 0 saturated carbocycles. The van der Waals surface area contributed by atoms with Gasteiger partial charge >= 0.3 is 0 Å². The van der Waals surface area contributed by atoms with Crippen molar-refractivity contribution in [2.75, 3.05) is 37.4 Å². The molecule has 1 saturated heterocycles. The van der Waals surface area contributed by atoms with E-state index in [0.29, 0.717) is 41.7 Å². The summed E-state index contributed by atoms with van der Waals surface area (Å²) in [5.74, 6) is 1.00. The molecule has 2 aromatic rings. The molecule has 4 rings (SSSR count). The molecule has 174 valence electrons. The minimum absolute atomic E-state index is 0.130. The number of allylic oxidation sites excluding steroid dienone is 5. The summed E-state index contributed by atoms with van der Waals surface area (Å²) in [5.41, 5.74) is 10.6. The molecule has 2 aliphatic rings. The highest BCUT2D eigenvalue weighted by Crippen LogP contribution is 2.37. The van der Waals surface area contributed by atoms with Crippen molar-refractivity contribution < 1.29 is 4.39 Å². The molecule has 0 unspecified atom stereocenters. The van der Waals surface area contributed by atoms with Gasteiger partial charge in [0, 0.05) is 44.0 Å². The smallest absolute Gasteiger partial charge is 0.228 e. The van der Waals surface area contributed by atoms with Crippen LogP contribution in [0.3, 0.4) is 0 Å². The zero-order valence-corrected chi connectivity index (χ0v) is 19.1. The van der Waals surface area contributed by atoms with Crippen LogP contribution in [0.5, 0.6) is 0 Å². The van der Waals surface area contributed by atoms with E-state index in [1.54, 1.807) is 38.5 Å². The van der Waals surface area contributed by atoms with Crippen LogP contribution in [-0.2, 0) is 0 Å². The van der Waals surface area contributed by atoms with Crippen LogP contribution in [0.4, 0.5) is 16.2 Å². The number of alkyl halides is 1. The van der Waals surface area contributed by atoms with Crippen LogP contribution in [0, 0.1) is 16.7 Å². The summed E-state index contributed by atoms with van der Waals surface area (Å²) >= 11 is 0. The number of hydrogen-bond donors (Lipinski definition) is 4. The Balaban J connectivity index is 1.90. The van der Waals surface area contributed by atoms with E-state index in [0.717, 1.165) is 22.3 Å². The minimum Gasteiger partial charge on any atom is -0.393 e. The second-order valence-corrected chi connectivity index (χ2v) is 8.18. The molecule has 1 aliphatic heterocycles. The first-order valence-corrected chi connectivity index (χ1v) is 11.1. The lowest BCUT2D eigenvalue weighted by Crippen LogP contribution is -2.49. The van der Waals surface area contributed by atoms with Crippen LogP contribution in [-0.4, -0.2) is 55.1 Å². The zero-order chi connectivity index (χ0) is 24.2. The van der Waals surface area contributed by atoms with Gasteiger partial charge in [-0.1, -0.05) is 18.2 Å². The van der Waals surface area contributed by atoms with Gasteiger partial charge in [-0.3, -0.25) is 0 Å². The summed E-state index contributed by atoms with van der Waals surface area (Å²) in [5, 5.41) is 23.6. The topological polar surface area (TPSA) is 127 Å². The third-order valence-corrected chi connectivity index (χ3v) is 5.94. The average molecular weight is 459 g/mol. The van der Waals surface area contributed by atoms with E-state index in [1.807, 2.05) is 29.2 Å². The third-order valence-electron chi connectivity index (χ3n) is 5.94. The number of aromatic nitrogens is 2. The minimum atomic E-state index is -1.15. The number of piperidine rings is 1. The Morgan fingerprint density at radius 2 is 2.00 bits per heavy atom.